The number of halogens is 3. The van der Waals surface area contributed by atoms with E-state index in [1.54, 1.807) is 0 Å². The maximum Gasteiger partial charge on any atom is 0.403 e. The van der Waals surface area contributed by atoms with Gasteiger partial charge in [0.15, 0.2) is 27.1 Å². The summed E-state index contributed by atoms with van der Waals surface area (Å²) >= 11 is 0. The molecule has 0 unspecified atom stereocenters. The van der Waals surface area contributed by atoms with Gasteiger partial charge in [0.25, 0.3) is 0 Å². The SMILES string of the molecule is COc1cc(S(=O)(=O)CC(F)(F)F)cc(C(=O)O)c1OC. The zero-order valence-corrected chi connectivity index (χ0v) is 11.7. The molecule has 1 rings (SSSR count). The molecule has 0 aromatic heterocycles. The number of benzene rings is 1. The molecule has 0 atom stereocenters. The average molecular weight is 328 g/mol. The summed E-state index contributed by atoms with van der Waals surface area (Å²) in [5, 5.41) is 8.99. The number of carboxylic acids is 1. The van der Waals surface area contributed by atoms with Gasteiger partial charge in [-0.3, -0.25) is 0 Å². The first kappa shape index (κ1) is 17.1. The summed E-state index contributed by atoms with van der Waals surface area (Å²) < 4.78 is 69.7. The number of carbonyl (C=O) groups is 1. The van der Waals surface area contributed by atoms with Crippen molar-refractivity contribution in [3.05, 3.63) is 17.7 Å². The van der Waals surface area contributed by atoms with Crippen molar-refractivity contribution in [2.75, 3.05) is 20.0 Å². The Bertz CT molecular complexity index is 651. The molecule has 0 saturated carbocycles. The molecule has 1 aromatic carbocycles. The minimum Gasteiger partial charge on any atom is -0.493 e. The van der Waals surface area contributed by atoms with Crippen LogP contribution in [0.15, 0.2) is 17.0 Å². The van der Waals surface area contributed by atoms with Crippen molar-refractivity contribution in [1.29, 1.82) is 0 Å². The molecular weight excluding hydrogens is 317 g/mol. The summed E-state index contributed by atoms with van der Waals surface area (Å²) in [5.74, 6) is -4.24. The third-order valence-corrected chi connectivity index (χ3v) is 4.06. The predicted molar refractivity (Wildman–Crippen MR) is 64.6 cm³/mol. The number of sulfone groups is 1. The zero-order valence-electron chi connectivity index (χ0n) is 10.9. The number of hydrogen-bond acceptors (Lipinski definition) is 5. The van der Waals surface area contributed by atoms with Crippen molar-refractivity contribution in [1.82, 2.24) is 0 Å². The predicted octanol–water partition coefficient (Wildman–Crippen LogP) is 1.74. The van der Waals surface area contributed by atoms with Gasteiger partial charge in [0, 0.05) is 6.07 Å². The minimum absolute atomic E-state index is 0.282. The third-order valence-electron chi connectivity index (χ3n) is 2.40. The lowest BCUT2D eigenvalue weighted by atomic mass is 10.2. The molecule has 0 aliphatic rings. The molecule has 0 radical (unpaired) electrons. The Kier molecular flexibility index (Phi) is 4.72. The second kappa shape index (κ2) is 5.80. The molecule has 0 aliphatic heterocycles. The van der Waals surface area contributed by atoms with E-state index in [9.17, 15) is 26.4 Å². The fraction of sp³-hybridized carbons (Fsp3) is 0.364. The van der Waals surface area contributed by atoms with Gasteiger partial charge < -0.3 is 14.6 Å². The van der Waals surface area contributed by atoms with Gasteiger partial charge >= 0.3 is 12.1 Å². The highest BCUT2D eigenvalue weighted by Crippen LogP contribution is 2.35. The molecule has 6 nitrogen and oxygen atoms in total. The van der Waals surface area contributed by atoms with Crippen molar-refractivity contribution in [2.24, 2.45) is 0 Å². The molecule has 1 aromatic rings. The van der Waals surface area contributed by atoms with Gasteiger partial charge in [-0.15, -0.1) is 0 Å². The number of hydrogen-bond donors (Lipinski definition) is 1. The van der Waals surface area contributed by atoms with E-state index < -0.39 is 38.2 Å². The second-order valence-corrected chi connectivity index (χ2v) is 5.88. The lowest BCUT2D eigenvalue weighted by Gasteiger charge is -2.14. The van der Waals surface area contributed by atoms with Gasteiger partial charge in [-0.05, 0) is 6.07 Å². The van der Waals surface area contributed by atoms with E-state index in [-0.39, 0.29) is 11.5 Å². The Morgan fingerprint density at radius 3 is 2.19 bits per heavy atom. The Hall–Kier alpha value is -1.97. The van der Waals surface area contributed by atoms with Crippen LogP contribution in [0.5, 0.6) is 11.5 Å². The van der Waals surface area contributed by atoms with E-state index in [0.717, 1.165) is 20.3 Å². The van der Waals surface area contributed by atoms with Crippen LogP contribution in [0.4, 0.5) is 13.2 Å². The van der Waals surface area contributed by atoms with Crippen LogP contribution < -0.4 is 9.47 Å². The molecular formula is C11H11F3O6S. The number of carboxylic acid groups (broad SMARTS) is 1. The van der Waals surface area contributed by atoms with Gasteiger partial charge in [0.1, 0.15) is 5.56 Å². The van der Waals surface area contributed by atoms with E-state index in [1.165, 1.54) is 0 Å². The summed E-state index contributed by atoms with van der Waals surface area (Å²) in [4.78, 5) is 10.3. The van der Waals surface area contributed by atoms with Gasteiger partial charge in [0.05, 0.1) is 19.1 Å². The average Bonchev–Trinajstić information content (AvgIpc) is 2.33. The molecule has 0 fully saturated rings. The standard InChI is InChI=1S/C11H11F3O6S/c1-19-8-4-6(21(17,18)5-11(12,13)14)3-7(10(15)16)9(8)20-2/h3-4H,5H2,1-2H3,(H,15,16). The van der Waals surface area contributed by atoms with Gasteiger partial charge in [-0.25, -0.2) is 13.2 Å². The maximum atomic E-state index is 12.3. The van der Waals surface area contributed by atoms with Crippen molar-refractivity contribution in [3.63, 3.8) is 0 Å². The Balaban J connectivity index is 3.52. The normalized spacial score (nSPS) is 12.0. The van der Waals surface area contributed by atoms with Crippen LogP contribution in [0.1, 0.15) is 10.4 Å². The number of rotatable bonds is 5. The molecule has 0 heterocycles. The van der Waals surface area contributed by atoms with Crippen LogP contribution in [-0.2, 0) is 9.84 Å². The highest BCUT2D eigenvalue weighted by molar-refractivity contribution is 7.91. The van der Waals surface area contributed by atoms with Crippen LogP contribution >= 0.6 is 0 Å². The summed E-state index contributed by atoms with van der Waals surface area (Å²) in [6.45, 7) is 0. The summed E-state index contributed by atoms with van der Waals surface area (Å²) in [6.07, 6.45) is -4.95. The van der Waals surface area contributed by atoms with Crippen LogP contribution in [-0.4, -0.2) is 45.6 Å². The Labute approximate surface area is 118 Å². The fourth-order valence-corrected chi connectivity index (χ4v) is 2.76. The number of methoxy groups -OCH3 is 2. The van der Waals surface area contributed by atoms with Gasteiger partial charge in [-0.1, -0.05) is 0 Å². The third kappa shape index (κ3) is 4.00. The zero-order chi connectivity index (χ0) is 16.4. The molecule has 0 bridgehead atoms. The monoisotopic (exact) mass is 328 g/mol. The largest absolute Gasteiger partial charge is 0.493 e. The quantitative estimate of drug-likeness (QED) is 0.885. The first-order valence-corrected chi connectivity index (χ1v) is 6.96. The number of aromatic carboxylic acids is 1. The van der Waals surface area contributed by atoms with Gasteiger partial charge in [0.2, 0.25) is 0 Å². The molecule has 0 spiro atoms. The highest BCUT2D eigenvalue weighted by atomic mass is 32.2. The number of alkyl halides is 3. The topological polar surface area (TPSA) is 89.9 Å². The molecule has 1 N–H and O–H groups in total. The first-order chi connectivity index (χ1) is 9.51. The summed E-state index contributed by atoms with van der Waals surface area (Å²) in [5.41, 5.74) is -0.613. The van der Waals surface area contributed by atoms with E-state index in [0.29, 0.717) is 6.07 Å². The lowest BCUT2D eigenvalue weighted by molar-refractivity contribution is -0.106. The Morgan fingerprint density at radius 1 is 1.24 bits per heavy atom. The van der Waals surface area contributed by atoms with Crippen molar-refractivity contribution >= 4 is 15.8 Å². The maximum absolute atomic E-state index is 12.3. The molecule has 10 heteroatoms. The molecule has 0 saturated heterocycles. The smallest absolute Gasteiger partial charge is 0.403 e. The summed E-state index contributed by atoms with van der Waals surface area (Å²) in [6, 6.07) is 1.39. The Morgan fingerprint density at radius 2 is 1.81 bits per heavy atom. The molecule has 21 heavy (non-hydrogen) atoms. The molecule has 0 amide bonds. The lowest BCUT2D eigenvalue weighted by Crippen LogP contribution is -2.23. The molecule has 118 valence electrons. The number of ether oxygens (including phenoxy) is 2. The van der Waals surface area contributed by atoms with Gasteiger partial charge in [-0.2, -0.15) is 13.2 Å². The van der Waals surface area contributed by atoms with Crippen molar-refractivity contribution in [2.45, 2.75) is 11.1 Å². The first-order valence-electron chi connectivity index (χ1n) is 5.30. The van der Waals surface area contributed by atoms with E-state index >= 15 is 0 Å². The van der Waals surface area contributed by atoms with E-state index in [1.807, 2.05) is 0 Å². The van der Waals surface area contributed by atoms with E-state index in [4.69, 9.17) is 14.6 Å². The van der Waals surface area contributed by atoms with Crippen LogP contribution in [0.2, 0.25) is 0 Å². The fourth-order valence-electron chi connectivity index (χ4n) is 1.58. The van der Waals surface area contributed by atoms with Crippen molar-refractivity contribution in [3.8, 4) is 11.5 Å². The van der Waals surface area contributed by atoms with E-state index in [2.05, 4.69) is 0 Å². The minimum atomic E-state index is -4.95. The second-order valence-electron chi connectivity index (χ2n) is 3.89. The van der Waals surface area contributed by atoms with Crippen LogP contribution in [0.3, 0.4) is 0 Å². The van der Waals surface area contributed by atoms with Crippen molar-refractivity contribution < 1.29 is 41.0 Å². The van der Waals surface area contributed by atoms with Crippen LogP contribution in [0, 0.1) is 0 Å². The highest BCUT2D eigenvalue weighted by Gasteiger charge is 2.37. The van der Waals surface area contributed by atoms with Crippen LogP contribution in [0.25, 0.3) is 0 Å². The molecule has 0 aliphatic carbocycles. The summed E-state index contributed by atoms with van der Waals surface area (Å²) in [7, 11) is -2.54.